The highest BCUT2D eigenvalue weighted by atomic mass is 15.1. The van der Waals surface area contributed by atoms with Crippen LogP contribution in [0.5, 0.6) is 0 Å². The molecule has 19 heavy (non-hydrogen) atoms. The van der Waals surface area contributed by atoms with Gasteiger partial charge in [-0.3, -0.25) is 0 Å². The Morgan fingerprint density at radius 2 is 1.74 bits per heavy atom. The zero-order valence-corrected chi connectivity index (χ0v) is 11.6. The third-order valence-electron chi connectivity index (χ3n) is 4.42. The fraction of sp³-hybridized carbons (Fsp3) is 0.625. The highest BCUT2D eigenvalue weighted by Crippen LogP contribution is 2.24. The van der Waals surface area contributed by atoms with Crippen LogP contribution in [0.2, 0.25) is 0 Å². The molecule has 1 aromatic rings. The molecule has 2 aliphatic rings. The maximum absolute atomic E-state index is 6.04. The van der Waals surface area contributed by atoms with E-state index in [-0.39, 0.29) is 0 Å². The number of nitrogens with two attached hydrogens (primary N) is 1. The predicted octanol–water partition coefficient (Wildman–Crippen LogP) is 2.97. The van der Waals surface area contributed by atoms with Crippen LogP contribution in [0.3, 0.4) is 0 Å². The summed E-state index contributed by atoms with van der Waals surface area (Å²) >= 11 is 0. The lowest BCUT2D eigenvalue weighted by atomic mass is 9.91. The van der Waals surface area contributed by atoms with Crippen molar-refractivity contribution in [3.05, 3.63) is 24.3 Å². The number of nitrogens with zero attached hydrogens (tertiary/aromatic N) is 1. The molecule has 1 aliphatic carbocycles. The molecule has 3 N–H and O–H groups in total. The van der Waals surface area contributed by atoms with Crippen LogP contribution in [0.1, 0.15) is 38.5 Å². The highest BCUT2D eigenvalue weighted by Gasteiger charge is 2.19. The quantitative estimate of drug-likeness (QED) is 0.877. The Labute approximate surface area is 116 Å². The number of hydrogen-bond donors (Lipinski definition) is 2. The minimum absolute atomic E-state index is 0.384. The van der Waals surface area contributed by atoms with Crippen LogP contribution < -0.4 is 16.0 Å². The van der Waals surface area contributed by atoms with Crippen molar-refractivity contribution in [2.45, 2.75) is 50.6 Å². The van der Waals surface area contributed by atoms with E-state index in [9.17, 15) is 0 Å². The average molecular weight is 259 g/mol. The molecule has 0 amide bonds. The normalized spacial score (nSPS) is 27.5. The first kappa shape index (κ1) is 12.8. The van der Waals surface area contributed by atoms with Gasteiger partial charge in [0.05, 0.1) is 0 Å². The van der Waals surface area contributed by atoms with Crippen molar-refractivity contribution in [2.24, 2.45) is 5.73 Å². The fourth-order valence-electron chi connectivity index (χ4n) is 3.34. The van der Waals surface area contributed by atoms with Gasteiger partial charge in [0.25, 0.3) is 0 Å². The summed E-state index contributed by atoms with van der Waals surface area (Å²) in [5.74, 6) is 0. The predicted molar refractivity (Wildman–Crippen MR) is 81.7 cm³/mol. The van der Waals surface area contributed by atoms with Gasteiger partial charge in [-0.25, -0.2) is 0 Å². The summed E-state index contributed by atoms with van der Waals surface area (Å²) in [5, 5.41) is 3.63. The third kappa shape index (κ3) is 3.21. The summed E-state index contributed by atoms with van der Waals surface area (Å²) < 4.78 is 0. The molecule has 0 radical (unpaired) electrons. The van der Waals surface area contributed by atoms with Crippen LogP contribution in [-0.4, -0.2) is 25.2 Å². The van der Waals surface area contributed by atoms with Crippen LogP contribution in [0.15, 0.2) is 24.3 Å². The lowest BCUT2D eigenvalue weighted by molar-refractivity contribution is 0.409. The fourth-order valence-corrected chi connectivity index (χ4v) is 3.34. The molecule has 0 bridgehead atoms. The van der Waals surface area contributed by atoms with Gasteiger partial charge in [-0.1, -0.05) is 0 Å². The van der Waals surface area contributed by atoms with Crippen molar-refractivity contribution in [1.82, 2.24) is 0 Å². The summed E-state index contributed by atoms with van der Waals surface area (Å²) in [6.07, 6.45) is 7.46. The summed E-state index contributed by atoms with van der Waals surface area (Å²) in [6, 6.07) is 9.87. The molecule has 1 saturated heterocycles. The van der Waals surface area contributed by atoms with Crippen LogP contribution in [0.25, 0.3) is 0 Å². The van der Waals surface area contributed by atoms with Crippen LogP contribution in [0, 0.1) is 0 Å². The molecule has 2 fully saturated rings. The van der Waals surface area contributed by atoms with Crippen molar-refractivity contribution < 1.29 is 0 Å². The molecule has 1 aromatic carbocycles. The van der Waals surface area contributed by atoms with Crippen molar-refractivity contribution in [3.8, 4) is 0 Å². The molecular formula is C16H25N3. The lowest BCUT2D eigenvalue weighted by Crippen LogP contribution is -2.34. The van der Waals surface area contributed by atoms with E-state index >= 15 is 0 Å². The van der Waals surface area contributed by atoms with Crippen LogP contribution in [0.4, 0.5) is 11.4 Å². The second kappa shape index (κ2) is 5.83. The van der Waals surface area contributed by atoms with Crippen LogP contribution in [-0.2, 0) is 0 Å². The zero-order valence-electron chi connectivity index (χ0n) is 11.6. The van der Waals surface area contributed by atoms with Gasteiger partial charge in [0.15, 0.2) is 0 Å². The number of nitrogens with one attached hydrogen (secondary N) is 1. The van der Waals surface area contributed by atoms with E-state index in [0.29, 0.717) is 12.1 Å². The summed E-state index contributed by atoms with van der Waals surface area (Å²) in [7, 11) is 0. The van der Waals surface area contributed by atoms with E-state index in [1.807, 2.05) is 0 Å². The van der Waals surface area contributed by atoms with E-state index in [1.54, 1.807) is 0 Å². The number of anilines is 2. The molecule has 0 aromatic heterocycles. The molecule has 1 aliphatic heterocycles. The van der Waals surface area contributed by atoms with Gasteiger partial charge in [0.1, 0.15) is 0 Å². The minimum Gasteiger partial charge on any atom is -0.382 e. The minimum atomic E-state index is 0.384. The lowest BCUT2D eigenvalue weighted by Gasteiger charge is -2.28. The van der Waals surface area contributed by atoms with Gasteiger partial charge >= 0.3 is 0 Å². The molecule has 3 nitrogen and oxygen atoms in total. The number of hydrogen-bond acceptors (Lipinski definition) is 3. The second-order valence-electron chi connectivity index (χ2n) is 6.01. The molecule has 2 atom stereocenters. The first-order chi connectivity index (χ1) is 9.31. The number of rotatable bonds is 3. The molecule has 2 unspecified atom stereocenters. The Bertz CT molecular complexity index is 395. The summed E-state index contributed by atoms with van der Waals surface area (Å²) in [4.78, 5) is 2.47. The van der Waals surface area contributed by atoms with Crippen molar-refractivity contribution in [2.75, 3.05) is 23.3 Å². The Morgan fingerprint density at radius 1 is 1.00 bits per heavy atom. The summed E-state index contributed by atoms with van der Waals surface area (Å²) in [6.45, 7) is 2.43. The standard InChI is InChI=1S/C16H25N3/c17-13-4-3-5-15(12-13)18-14-6-8-16(9-7-14)19-10-1-2-11-19/h6-9,13,15,18H,1-5,10-12,17H2. The highest BCUT2D eigenvalue weighted by molar-refractivity contribution is 5.55. The maximum Gasteiger partial charge on any atom is 0.0367 e. The third-order valence-corrected chi connectivity index (χ3v) is 4.42. The molecule has 1 saturated carbocycles. The van der Waals surface area contributed by atoms with Gasteiger partial charge in [-0.2, -0.15) is 0 Å². The smallest absolute Gasteiger partial charge is 0.0367 e. The SMILES string of the molecule is NC1CCCC(Nc2ccc(N3CCCC3)cc2)C1. The van der Waals surface area contributed by atoms with E-state index < -0.39 is 0 Å². The maximum atomic E-state index is 6.04. The number of benzene rings is 1. The van der Waals surface area contributed by atoms with Gasteiger partial charge in [0, 0.05) is 36.5 Å². The first-order valence-corrected chi connectivity index (χ1v) is 7.68. The first-order valence-electron chi connectivity index (χ1n) is 7.68. The largest absolute Gasteiger partial charge is 0.382 e. The Balaban J connectivity index is 1.59. The Hall–Kier alpha value is -1.22. The Kier molecular flexibility index (Phi) is 3.92. The molecule has 0 spiro atoms. The monoisotopic (exact) mass is 259 g/mol. The molecular weight excluding hydrogens is 234 g/mol. The van der Waals surface area contributed by atoms with E-state index in [1.165, 1.54) is 56.6 Å². The Morgan fingerprint density at radius 3 is 2.42 bits per heavy atom. The van der Waals surface area contributed by atoms with Crippen molar-refractivity contribution in [3.63, 3.8) is 0 Å². The molecule has 3 rings (SSSR count). The van der Waals surface area contributed by atoms with Gasteiger partial charge in [0.2, 0.25) is 0 Å². The van der Waals surface area contributed by atoms with Gasteiger partial charge < -0.3 is 16.0 Å². The molecule has 3 heteroatoms. The van der Waals surface area contributed by atoms with Gasteiger partial charge in [-0.05, 0) is 62.8 Å². The second-order valence-corrected chi connectivity index (χ2v) is 6.01. The zero-order chi connectivity index (χ0) is 13.1. The van der Waals surface area contributed by atoms with E-state index in [0.717, 1.165) is 6.42 Å². The van der Waals surface area contributed by atoms with E-state index in [2.05, 4.69) is 34.5 Å². The van der Waals surface area contributed by atoms with Crippen molar-refractivity contribution in [1.29, 1.82) is 0 Å². The summed E-state index contributed by atoms with van der Waals surface area (Å²) in [5.41, 5.74) is 8.64. The van der Waals surface area contributed by atoms with Gasteiger partial charge in [-0.15, -0.1) is 0 Å². The topological polar surface area (TPSA) is 41.3 Å². The molecule has 1 heterocycles. The average Bonchev–Trinajstić information content (AvgIpc) is 2.94. The molecule has 104 valence electrons. The van der Waals surface area contributed by atoms with Crippen LogP contribution >= 0.6 is 0 Å². The van der Waals surface area contributed by atoms with Crippen molar-refractivity contribution >= 4 is 11.4 Å². The van der Waals surface area contributed by atoms with E-state index in [4.69, 9.17) is 5.73 Å².